The van der Waals surface area contributed by atoms with Gasteiger partial charge in [0.05, 0.1) is 11.4 Å². The van der Waals surface area contributed by atoms with Crippen molar-refractivity contribution in [2.75, 3.05) is 11.4 Å². The predicted molar refractivity (Wildman–Crippen MR) is 163 cm³/mol. The minimum absolute atomic E-state index is 0.0424. The van der Waals surface area contributed by atoms with E-state index in [1.165, 1.54) is 40.2 Å². The van der Waals surface area contributed by atoms with Gasteiger partial charge in [0.2, 0.25) is 5.96 Å². The molecule has 0 fully saturated rings. The number of hydrogen-bond acceptors (Lipinski definition) is 6. The molecule has 4 aromatic rings. The third-order valence-electron chi connectivity index (χ3n) is 7.06. The van der Waals surface area contributed by atoms with Crippen molar-refractivity contribution in [2.45, 2.75) is 52.4 Å². The van der Waals surface area contributed by atoms with E-state index in [2.05, 4.69) is 30.4 Å². The number of benzene rings is 3. The van der Waals surface area contributed by atoms with Crippen molar-refractivity contribution in [1.29, 1.82) is 0 Å². The van der Waals surface area contributed by atoms with Crippen LogP contribution in [0.2, 0.25) is 0 Å². The summed E-state index contributed by atoms with van der Waals surface area (Å²) in [6.07, 6.45) is -2.76. The second-order valence-corrected chi connectivity index (χ2v) is 11.0. The van der Waals surface area contributed by atoms with Gasteiger partial charge in [-0.25, -0.2) is 24.4 Å². The van der Waals surface area contributed by atoms with Gasteiger partial charge in [0.25, 0.3) is 5.91 Å². The van der Waals surface area contributed by atoms with Crippen molar-refractivity contribution < 1.29 is 27.5 Å². The van der Waals surface area contributed by atoms with Crippen LogP contribution in [0.4, 0.5) is 23.7 Å². The van der Waals surface area contributed by atoms with Crippen LogP contribution in [0.1, 0.15) is 43.4 Å². The molecular weight excluding hydrogens is 587 g/mol. The summed E-state index contributed by atoms with van der Waals surface area (Å²) in [4.78, 5) is 35.7. The number of alkyl halides is 3. The Morgan fingerprint density at radius 3 is 2.40 bits per heavy atom. The molecular formula is C32H32F3N7O3. The lowest BCUT2D eigenvalue weighted by Crippen LogP contribution is -2.50. The van der Waals surface area contributed by atoms with Gasteiger partial charge < -0.3 is 10.1 Å². The van der Waals surface area contributed by atoms with Crippen LogP contribution in [0, 0.1) is 6.92 Å². The molecule has 1 unspecified atom stereocenters. The summed E-state index contributed by atoms with van der Waals surface area (Å²) >= 11 is 0. The first-order valence-electron chi connectivity index (χ1n) is 14.3. The van der Waals surface area contributed by atoms with E-state index >= 15 is 0 Å². The molecule has 0 bridgehead atoms. The first-order valence-corrected chi connectivity index (χ1v) is 14.3. The maximum Gasteiger partial charge on any atom is 0.573 e. The molecule has 1 aromatic heterocycles. The van der Waals surface area contributed by atoms with Crippen molar-refractivity contribution in [1.82, 2.24) is 25.4 Å². The number of hydrogen-bond donors (Lipinski definition) is 2. The molecule has 234 valence electrons. The Labute approximate surface area is 257 Å². The van der Waals surface area contributed by atoms with Crippen molar-refractivity contribution in [3.63, 3.8) is 0 Å². The molecule has 0 aliphatic carbocycles. The van der Waals surface area contributed by atoms with Crippen LogP contribution < -0.4 is 20.3 Å². The molecule has 3 amide bonds. The van der Waals surface area contributed by atoms with E-state index in [9.17, 15) is 22.8 Å². The Hall–Kier alpha value is -5.20. The molecule has 0 saturated heterocycles. The fourth-order valence-corrected chi connectivity index (χ4v) is 4.96. The average molecular weight is 620 g/mol. The van der Waals surface area contributed by atoms with Crippen LogP contribution in [0.3, 0.4) is 0 Å². The smallest absolute Gasteiger partial charge is 0.406 e. The molecule has 45 heavy (non-hydrogen) atoms. The number of aliphatic imine (C=N–C) groups is 1. The van der Waals surface area contributed by atoms with E-state index in [-0.39, 0.29) is 36.1 Å². The summed E-state index contributed by atoms with van der Waals surface area (Å²) in [5.41, 5.74) is 4.92. The van der Waals surface area contributed by atoms with Crippen molar-refractivity contribution in [3.05, 3.63) is 89.7 Å². The Balaban J connectivity index is 1.17. The largest absolute Gasteiger partial charge is 0.573 e. The quantitative estimate of drug-likeness (QED) is 0.255. The lowest BCUT2D eigenvalue weighted by molar-refractivity contribution is -0.274. The highest BCUT2D eigenvalue weighted by atomic mass is 19.4. The average Bonchev–Trinajstić information content (AvgIpc) is 3.60. The Kier molecular flexibility index (Phi) is 8.89. The second kappa shape index (κ2) is 12.8. The number of anilines is 1. The van der Waals surface area contributed by atoms with E-state index in [0.29, 0.717) is 23.6 Å². The van der Waals surface area contributed by atoms with Gasteiger partial charge in [-0.2, -0.15) is 0 Å². The maximum absolute atomic E-state index is 12.9. The lowest BCUT2D eigenvalue weighted by atomic mass is 9.98. The van der Waals surface area contributed by atoms with Gasteiger partial charge in [0, 0.05) is 11.6 Å². The minimum Gasteiger partial charge on any atom is -0.406 e. The molecule has 0 spiro atoms. The van der Waals surface area contributed by atoms with E-state index in [1.54, 1.807) is 0 Å². The lowest BCUT2D eigenvalue weighted by Gasteiger charge is -2.24. The standard InChI is InChI=1S/C32H32F3N7O3/c1-19(2)26-14-5-20(3)15-27(26)42-28(43)17-36-30(42)39-31(44)38-21(4)16-22-6-8-23(9-7-22)29-37-18-41(40-29)24-10-12-25(13-11-24)45-32(33,34)35/h5-15,18-19,21H,16-17H2,1-4H3,(H2,36,38,39,44). The van der Waals surface area contributed by atoms with Gasteiger partial charge >= 0.3 is 12.4 Å². The molecule has 1 aliphatic rings. The van der Waals surface area contributed by atoms with Gasteiger partial charge in [0.15, 0.2) is 5.82 Å². The molecule has 0 radical (unpaired) electrons. The van der Waals surface area contributed by atoms with Gasteiger partial charge in [-0.1, -0.05) is 50.2 Å². The van der Waals surface area contributed by atoms with Crippen LogP contribution >= 0.6 is 0 Å². The van der Waals surface area contributed by atoms with Crippen LogP contribution in [-0.2, 0) is 11.2 Å². The van der Waals surface area contributed by atoms with Crippen LogP contribution in [0.25, 0.3) is 17.1 Å². The summed E-state index contributed by atoms with van der Waals surface area (Å²) in [7, 11) is 0. The summed E-state index contributed by atoms with van der Waals surface area (Å²) in [6.45, 7) is 7.88. The number of guanidine groups is 1. The Morgan fingerprint density at radius 2 is 1.73 bits per heavy atom. The molecule has 1 atom stereocenters. The number of rotatable bonds is 8. The summed E-state index contributed by atoms with van der Waals surface area (Å²) in [5, 5.41) is 10.1. The third-order valence-corrected chi connectivity index (χ3v) is 7.06. The number of aryl methyl sites for hydroxylation is 1. The van der Waals surface area contributed by atoms with E-state index in [4.69, 9.17) is 0 Å². The second-order valence-electron chi connectivity index (χ2n) is 11.0. The summed E-state index contributed by atoms with van der Waals surface area (Å²) in [5.74, 6) is 0.269. The van der Waals surface area contributed by atoms with Gasteiger partial charge in [-0.3, -0.25) is 10.1 Å². The predicted octanol–water partition coefficient (Wildman–Crippen LogP) is 5.90. The highest BCUT2D eigenvalue weighted by Gasteiger charge is 2.32. The number of carbonyl (C=O) groups excluding carboxylic acids is 2. The Morgan fingerprint density at radius 1 is 1.02 bits per heavy atom. The Bertz CT molecular complexity index is 1720. The number of aromatic nitrogens is 3. The van der Waals surface area contributed by atoms with Gasteiger partial charge in [-0.15, -0.1) is 18.3 Å². The molecule has 0 saturated carbocycles. The number of amides is 3. The van der Waals surface area contributed by atoms with Crippen molar-refractivity contribution in [3.8, 4) is 22.8 Å². The highest BCUT2D eigenvalue weighted by molar-refractivity contribution is 6.23. The van der Waals surface area contributed by atoms with Gasteiger partial charge in [0.1, 0.15) is 18.6 Å². The molecule has 1 aliphatic heterocycles. The number of nitrogens with one attached hydrogen (secondary N) is 2. The number of nitrogens with zero attached hydrogens (tertiary/aromatic N) is 5. The maximum atomic E-state index is 12.9. The van der Waals surface area contributed by atoms with Gasteiger partial charge in [-0.05, 0) is 73.2 Å². The molecule has 13 heteroatoms. The minimum atomic E-state index is -4.76. The molecule has 2 N–H and O–H groups in total. The van der Waals surface area contributed by atoms with E-state index in [1.807, 2.05) is 70.2 Å². The first-order chi connectivity index (χ1) is 21.4. The monoisotopic (exact) mass is 619 g/mol. The summed E-state index contributed by atoms with van der Waals surface area (Å²) in [6, 6.07) is 18.0. The fraction of sp³-hybridized carbons (Fsp3) is 0.281. The number of carbonyl (C=O) groups is 2. The van der Waals surface area contributed by atoms with Crippen molar-refractivity contribution >= 4 is 23.6 Å². The van der Waals surface area contributed by atoms with E-state index < -0.39 is 12.4 Å². The van der Waals surface area contributed by atoms with Crippen LogP contribution in [0.15, 0.2) is 78.0 Å². The fourth-order valence-electron chi connectivity index (χ4n) is 4.96. The third kappa shape index (κ3) is 7.66. The van der Waals surface area contributed by atoms with E-state index in [0.717, 1.165) is 22.3 Å². The zero-order chi connectivity index (χ0) is 32.3. The number of ether oxygens (including phenoxy) is 1. The number of halogens is 3. The normalized spacial score (nSPS) is 14.0. The topological polar surface area (TPSA) is 114 Å². The zero-order valence-electron chi connectivity index (χ0n) is 25.1. The molecule has 2 heterocycles. The van der Waals surface area contributed by atoms with Crippen molar-refractivity contribution in [2.24, 2.45) is 4.99 Å². The highest BCUT2D eigenvalue weighted by Crippen LogP contribution is 2.30. The first kappa shape index (κ1) is 31.2. The SMILES string of the molecule is Cc1ccc(C(C)C)c(N2C(=O)CN=C2NC(=O)NC(C)Cc2ccc(-c3ncn(-c4ccc(OC(F)(F)F)cc4)n3)cc2)c1. The molecule has 10 nitrogen and oxygen atoms in total. The summed E-state index contributed by atoms with van der Waals surface area (Å²) < 4.78 is 42.6. The van der Waals surface area contributed by atoms with Crippen LogP contribution in [-0.4, -0.2) is 51.6 Å². The van der Waals surface area contributed by atoms with Crippen LogP contribution in [0.5, 0.6) is 5.75 Å². The number of urea groups is 1. The molecule has 5 rings (SSSR count). The molecule has 3 aromatic carbocycles. The zero-order valence-corrected chi connectivity index (χ0v) is 25.1.